The number of piperidine rings is 1. The van der Waals surface area contributed by atoms with Crippen LogP contribution in [0.25, 0.3) is 10.8 Å². The number of nitrogens with one attached hydrogen (secondary N) is 1. The molecule has 4 rings (SSSR count). The van der Waals surface area contributed by atoms with Crippen LogP contribution in [0.2, 0.25) is 0 Å². The Hall–Kier alpha value is -2.90. The molecule has 2 atom stereocenters. The Kier molecular flexibility index (Phi) is 8.48. The molecule has 2 unspecified atom stereocenters. The van der Waals surface area contributed by atoms with Crippen molar-refractivity contribution in [2.75, 3.05) is 32.7 Å². The lowest BCUT2D eigenvalue weighted by atomic mass is 9.82. The van der Waals surface area contributed by atoms with Crippen molar-refractivity contribution < 1.29 is 23.1 Å². The third-order valence-electron chi connectivity index (χ3n) is 7.66. The molecule has 12 heteroatoms. The number of hydrazine groups is 1. The number of Topliss-reactive ketones (excluding diaryl/α,β-unsaturated/α-hetero) is 1. The van der Waals surface area contributed by atoms with Crippen LogP contribution in [-0.4, -0.2) is 84.6 Å². The lowest BCUT2D eigenvalue weighted by Gasteiger charge is -2.37. The maximum absolute atomic E-state index is 14.5. The van der Waals surface area contributed by atoms with Gasteiger partial charge >= 0.3 is 0 Å². The zero-order valence-corrected chi connectivity index (χ0v) is 22.4. The molecule has 0 radical (unpaired) electrons. The fraction of sp³-hybridized carbons (Fsp3) is 0.500. The molecule has 0 saturated carbocycles. The number of carbonyl (C=O) groups excluding carboxylic acids is 2. The molecule has 0 aromatic heterocycles. The van der Waals surface area contributed by atoms with E-state index in [0.717, 1.165) is 4.41 Å². The molecule has 2 aliphatic rings. The third-order valence-corrected chi connectivity index (χ3v) is 9.54. The maximum Gasteiger partial charge on any atom is 0.257 e. The van der Waals surface area contributed by atoms with Crippen LogP contribution in [0.5, 0.6) is 0 Å². The van der Waals surface area contributed by atoms with E-state index in [1.165, 1.54) is 6.92 Å². The second kappa shape index (κ2) is 11.5. The van der Waals surface area contributed by atoms with Crippen molar-refractivity contribution in [1.82, 2.24) is 14.3 Å². The summed E-state index contributed by atoms with van der Waals surface area (Å²) < 4.78 is 30.0. The SMILES string of the molecule is CC(=O)c1c(S(=O)(=O)N(CC=O)N2CCCC2CN)c(CO)c2ccccc2c1C1CCCN(C(=N)N)C1. The second-order valence-corrected chi connectivity index (χ2v) is 11.7. The summed E-state index contributed by atoms with van der Waals surface area (Å²) in [5.41, 5.74) is 12.4. The normalized spacial score (nSPS) is 20.8. The Morgan fingerprint density at radius 3 is 2.50 bits per heavy atom. The highest BCUT2D eigenvalue weighted by Crippen LogP contribution is 2.42. The van der Waals surface area contributed by atoms with Gasteiger partial charge in [-0.05, 0) is 48.9 Å². The molecule has 2 aromatic carbocycles. The number of aliphatic hydroxyl groups excluding tert-OH is 1. The monoisotopic (exact) mass is 544 g/mol. The molecule has 2 saturated heterocycles. The molecule has 11 nitrogen and oxygen atoms in total. The minimum atomic E-state index is -4.48. The quantitative estimate of drug-likeness (QED) is 0.156. The Bertz CT molecular complexity index is 1350. The molecule has 206 valence electrons. The molecular weight excluding hydrogens is 508 g/mol. The van der Waals surface area contributed by atoms with Crippen molar-refractivity contribution in [3.63, 3.8) is 0 Å². The summed E-state index contributed by atoms with van der Waals surface area (Å²) in [7, 11) is -4.48. The molecule has 0 bridgehead atoms. The van der Waals surface area contributed by atoms with Gasteiger partial charge < -0.3 is 26.3 Å². The summed E-state index contributed by atoms with van der Waals surface area (Å²) in [6.07, 6.45) is 3.29. The van der Waals surface area contributed by atoms with E-state index in [1.807, 2.05) is 12.1 Å². The van der Waals surface area contributed by atoms with Gasteiger partial charge in [0, 0.05) is 49.3 Å². The van der Waals surface area contributed by atoms with E-state index in [1.54, 1.807) is 22.0 Å². The average molecular weight is 545 g/mol. The highest BCUT2D eigenvalue weighted by molar-refractivity contribution is 7.89. The van der Waals surface area contributed by atoms with E-state index in [0.29, 0.717) is 67.9 Å². The van der Waals surface area contributed by atoms with Gasteiger partial charge in [0.25, 0.3) is 10.0 Å². The smallest absolute Gasteiger partial charge is 0.257 e. The number of rotatable bonds is 9. The third kappa shape index (κ3) is 4.94. The van der Waals surface area contributed by atoms with E-state index in [2.05, 4.69) is 0 Å². The van der Waals surface area contributed by atoms with Crippen molar-refractivity contribution >= 4 is 38.8 Å². The van der Waals surface area contributed by atoms with Crippen LogP contribution in [0.3, 0.4) is 0 Å². The number of aldehydes is 1. The topological polar surface area (TPSA) is 174 Å². The lowest BCUT2D eigenvalue weighted by molar-refractivity contribution is -0.110. The first-order valence-electron chi connectivity index (χ1n) is 12.9. The standard InChI is InChI=1S/C26H36N6O5S/c1-17(35)23-24(18-6-4-10-30(15-18)26(28)29)21-9-3-2-8-20(21)22(16-34)25(23)38(36,37)32(12-13-33)31-11-5-7-19(31)14-27/h2-3,8-9,13,18-19,34H,4-7,10-12,14-16,27H2,1H3,(H3,28,29). The maximum atomic E-state index is 14.5. The van der Waals surface area contributed by atoms with Crippen LogP contribution < -0.4 is 11.5 Å². The molecule has 2 heterocycles. The van der Waals surface area contributed by atoms with Gasteiger partial charge in [-0.3, -0.25) is 10.2 Å². The summed E-state index contributed by atoms with van der Waals surface area (Å²) in [6.45, 7) is 1.83. The first-order chi connectivity index (χ1) is 18.2. The largest absolute Gasteiger partial charge is 0.392 e. The number of likely N-dealkylation sites (tertiary alicyclic amines) is 1. The number of hydrogen-bond acceptors (Lipinski definition) is 8. The Morgan fingerprint density at radius 1 is 1.21 bits per heavy atom. The predicted octanol–water partition coefficient (Wildman–Crippen LogP) is 1.14. The summed E-state index contributed by atoms with van der Waals surface area (Å²) in [6, 6.07) is 6.86. The van der Waals surface area contributed by atoms with Crippen LogP contribution in [0, 0.1) is 5.41 Å². The fourth-order valence-electron chi connectivity index (χ4n) is 6.02. The van der Waals surface area contributed by atoms with Gasteiger partial charge in [-0.2, -0.15) is 0 Å². The van der Waals surface area contributed by atoms with Gasteiger partial charge in [0.05, 0.1) is 13.2 Å². The Morgan fingerprint density at radius 2 is 1.89 bits per heavy atom. The highest BCUT2D eigenvalue weighted by Gasteiger charge is 2.41. The van der Waals surface area contributed by atoms with Crippen LogP contribution in [0.15, 0.2) is 29.2 Å². The molecule has 6 N–H and O–H groups in total. The van der Waals surface area contributed by atoms with Gasteiger partial charge in [-0.15, -0.1) is 4.41 Å². The fourth-order valence-corrected chi connectivity index (χ4v) is 7.98. The molecule has 2 aliphatic heterocycles. The number of nitrogens with zero attached hydrogens (tertiary/aromatic N) is 3. The molecule has 0 amide bonds. The first kappa shape index (κ1) is 28.1. The molecular formula is C26H36N6O5S. The average Bonchev–Trinajstić information content (AvgIpc) is 3.38. The zero-order valence-electron chi connectivity index (χ0n) is 21.6. The Balaban J connectivity index is 2.05. The van der Waals surface area contributed by atoms with Gasteiger partial charge in [-0.1, -0.05) is 24.3 Å². The number of sulfonamides is 1. The minimum absolute atomic E-state index is 0.0162. The lowest BCUT2D eigenvalue weighted by Crippen LogP contribution is -2.52. The van der Waals surface area contributed by atoms with Gasteiger partial charge in [-0.25, -0.2) is 13.4 Å². The van der Waals surface area contributed by atoms with Crippen molar-refractivity contribution in [1.29, 1.82) is 5.41 Å². The number of fused-ring (bicyclic) bond motifs is 1. The van der Waals surface area contributed by atoms with Crippen LogP contribution in [0.4, 0.5) is 0 Å². The van der Waals surface area contributed by atoms with E-state index in [-0.39, 0.29) is 40.5 Å². The van der Waals surface area contributed by atoms with Crippen molar-refractivity contribution in [2.24, 2.45) is 11.5 Å². The predicted molar refractivity (Wildman–Crippen MR) is 144 cm³/mol. The van der Waals surface area contributed by atoms with E-state index in [4.69, 9.17) is 16.9 Å². The van der Waals surface area contributed by atoms with Crippen LogP contribution >= 0.6 is 0 Å². The summed E-state index contributed by atoms with van der Waals surface area (Å²) in [4.78, 5) is 26.6. The number of carbonyl (C=O) groups is 2. The van der Waals surface area contributed by atoms with E-state index in [9.17, 15) is 23.1 Å². The summed E-state index contributed by atoms with van der Waals surface area (Å²) in [5, 5.41) is 21.3. The highest BCUT2D eigenvalue weighted by atomic mass is 32.2. The number of nitrogens with two attached hydrogens (primary N) is 2. The molecule has 0 spiro atoms. The van der Waals surface area contributed by atoms with Crippen LogP contribution in [-0.2, 0) is 21.4 Å². The van der Waals surface area contributed by atoms with Gasteiger partial charge in [0.15, 0.2) is 11.7 Å². The number of guanidine groups is 1. The second-order valence-electron chi connectivity index (χ2n) is 9.90. The van der Waals surface area contributed by atoms with E-state index < -0.39 is 29.0 Å². The zero-order chi connectivity index (χ0) is 27.6. The number of aliphatic hydroxyl groups is 1. The van der Waals surface area contributed by atoms with Crippen molar-refractivity contribution in [2.45, 2.75) is 56.1 Å². The van der Waals surface area contributed by atoms with Gasteiger partial charge in [0.1, 0.15) is 11.2 Å². The van der Waals surface area contributed by atoms with Crippen molar-refractivity contribution in [3.05, 3.63) is 41.0 Å². The van der Waals surface area contributed by atoms with Gasteiger partial charge in [0.2, 0.25) is 0 Å². The molecule has 0 aliphatic carbocycles. The molecule has 2 fully saturated rings. The number of hydrogen-bond donors (Lipinski definition) is 4. The first-order valence-corrected chi connectivity index (χ1v) is 14.3. The van der Waals surface area contributed by atoms with E-state index >= 15 is 0 Å². The summed E-state index contributed by atoms with van der Waals surface area (Å²) in [5.74, 6) is -0.815. The number of benzene rings is 2. The number of ketones is 1. The Labute approximate surface area is 222 Å². The van der Waals surface area contributed by atoms with Crippen molar-refractivity contribution in [3.8, 4) is 0 Å². The molecule has 2 aromatic rings. The minimum Gasteiger partial charge on any atom is -0.392 e. The molecule has 38 heavy (non-hydrogen) atoms. The van der Waals surface area contributed by atoms with Crippen LogP contribution in [0.1, 0.15) is 60.0 Å². The summed E-state index contributed by atoms with van der Waals surface area (Å²) >= 11 is 0.